The van der Waals surface area contributed by atoms with Gasteiger partial charge in [-0.2, -0.15) is 0 Å². The molecule has 27 heavy (non-hydrogen) atoms. The number of amides is 3. The maximum Gasteiger partial charge on any atom is 0.321 e. The van der Waals surface area contributed by atoms with Crippen LogP contribution in [-0.4, -0.2) is 38.5 Å². The number of aryl methyl sites for hydroxylation is 1. The molecular formula is C18H25N5O3S. The van der Waals surface area contributed by atoms with Gasteiger partial charge in [-0.25, -0.2) is 4.79 Å². The molecule has 2 atom stereocenters. The lowest BCUT2D eigenvalue weighted by atomic mass is 9.86. The molecule has 0 bridgehead atoms. The van der Waals surface area contributed by atoms with E-state index in [1.807, 2.05) is 20.0 Å². The quantitative estimate of drug-likeness (QED) is 0.760. The Balaban J connectivity index is 1.50. The fourth-order valence-electron chi connectivity index (χ4n) is 3.32. The topological polar surface area (TPSA) is 102 Å². The summed E-state index contributed by atoms with van der Waals surface area (Å²) >= 11 is 1.23. The Morgan fingerprint density at radius 1 is 1.33 bits per heavy atom. The summed E-state index contributed by atoms with van der Waals surface area (Å²) in [7, 11) is 1.83. The average Bonchev–Trinajstić information content (AvgIpc) is 3.20. The number of rotatable bonds is 5. The van der Waals surface area contributed by atoms with E-state index in [0.29, 0.717) is 16.9 Å². The minimum Gasteiger partial charge on any atom is -0.469 e. The van der Waals surface area contributed by atoms with Crippen LogP contribution in [0.15, 0.2) is 21.9 Å². The highest BCUT2D eigenvalue weighted by atomic mass is 32.2. The zero-order valence-electron chi connectivity index (χ0n) is 15.8. The van der Waals surface area contributed by atoms with Crippen LogP contribution in [0, 0.1) is 12.8 Å². The van der Waals surface area contributed by atoms with Crippen LogP contribution in [-0.2, 0) is 11.8 Å². The molecule has 0 saturated heterocycles. The van der Waals surface area contributed by atoms with Crippen molar-refractivity contribution < 1.29 is 14.0 Å². The van der Waals surface area contributed by atoms with Gasteiger partial charge in [-0.1, -0.05) is 31.5 Å². The van der Waals surface area contributed by atoms with E-state index in [4.69, 9.17) is 4.42 Å². The SMILES string of the molecule is Cc1occc1-c1nnc(SCC(=O)NC(=O)N[C@@H]2CCCC[C@@H]2C)n1C. The first-order valence-corrected chi connectivity index (χ1v) is 10.1. The Hall–Kier alpha value is -2.29. The van der Waals surface area contributed by atoms with Crippen molar-refractivity contribution in [3.8, 4) is 11.4 Å². The lowest BCUT2D eigenvalue weighted by Gasteiger charge is -2.29. The van der Waals surface area contributed by atoms with Crippen LogP contribution >= 0.6 is 11.8 Å². The molecule has 0 aliphatic heterocycles. The largest absolute Gasteiger partial charge is 0.469 e. The molecule has 1 aliphatic carbocycles. The molecule has 1 aliphatic rings. The Labute approximate surface area is 162 Å². The van der Waals surface area contributed by atoms with Crippen LogP contribution in [0.4, 0.5) is 4.79 Å². The van der Waals surface area contributed by atoms with Crippen molar-refractivity contribution in [2.45, 2.75) is 50.7 Å². The minimum atomic E-state index is -0.424. The third-order valence-electron chi connectivity index (χ3n) is 4.95. The monoisotopic (exact) mass is 391 g/mol. The second kappa shape index (κ2) is 8.60. The molecule has 0 aromatic carbocycles. The first kappa shape index (κ1) is 19.5. The van der Waals surface area contributed by atoms with E-state index in [0.717, 1.165) is 30.6 Å². The van der Waals surface area contributed by atoms with Gasteiger partial charge in [0.25, 0.3) is 0 Å². The van der Waals surface area contributed by atoms with Crippen LogP contribution in [0.1, 0.15) is 38.4 Å². The fourth-order valence-corrected chi connectivity index (χ4v) is 4.03. The molecule has 1 fully saturated rings. The molecule has 0 radical (unpaired) electrons. The molecule has 2 heterocycles. The molecule has 0 unspecified atom stereocenters. The summed E-state index contributed by atoms with van der Waals surface area (Å²) in [5.74, 6) is 1.60. The maximum absolute atomic E-state index is 12.1. The van der Waals surface area contributed by atoms with Crippen molar-refractivity contribution in [1.29, 1.82) is 0 Å². The molecule has 3 rings (SSSR count). The van der Waals surface area contributed by atoms with Crippen LogP contribution in [0.5, 0.6) is 0 Å². The number of urea groups is 1. The highest BCUT2D eigenvalue weighted by Crippen LogP contribution is 2.26. The highest BCUT2D eigenvalue weighted by Gasteiger charge is 2.23. The van der Waals surface area contributed by atoms with E-state index in [9.17, 15) is 9.59 Å². The van der Waals surface area contributed by atoms with E-state index in [-0.39, 0.29) is 17.7 Å². The number of hydrogen-bond donors (Lipinski definition) is 2. The summed E-state index contributed by atoms with van der Waals surface area (Å²) in [6.45, 7) is 3.99. The summed E-state index contributed by atoms with van der Waals surface area (Å²) in [5, 5.41) is 14.2. The molecule has 2 N–H and O–H groups in total. The normalized spacial score (nSPS) is 19.7. The van der Waals surface area contributed by atoms with Crippen molar-refractivity contribution in [3.63, 3.8) is 0 Å². The van der Waals surface area contributed by atoms with Crippen LogP contribution in [0.25, 0.3) is 11.4 Å². The highest BCUT2D eigenvalue weighted by molar-refractivity contribution is 7.99. The molecule has 2 aromatic rings. The van der Waals surface area contributed by atoms with Crippen LogP contribution < -0.4 is 10.6 Å². The number of nitrogens with zero attached hydrogens (tertiary/aromatic N) is 3. The number of hydrogen-bond acceptors (Lipinski definition) is 6. The molecule has 0 spiro atoms. The van der Waals surface area contributed by atoms with E-state index in [1.54, 1.807) is 10.8 Å². The summed E-state index contributed by atoms with van der Waals surface area (Å²) in [4.78, 5) is 24.1. The van der Waals surface area contributed by atoms with Gasteiger partial charge < -0.3 is 14.3 Å². The summed E-state index contributed by atoms with van der Waals surface area (Å²) < 4.78 is 7.10. The Kier molecular flexibility index (Phi) is 6.20. The van der Waals surface area contributed by atoms with E-state index in [2.05, 4.69) is 27.8 Å². The third-order valence-corrected chi connectivity index (χ3v) is 5.97. The zero-order valence-corrected chi connectivity index (χ0v) is 16.6. The predicted molar refractivity (Wildman–Crippen MR) is 102 cm³/mol. The number of imide groups is 1. The smallest absolute Gasteiger partial charge is 0.321 e. The molecule has 1 saturated carbocycles. The number of furan rings is 1. The molecule has 3 amide bonds. The van der Waals surface area contributed by atoms with Crippen molar-refractivity contribution >= 4 is 23.7 Å². The standard InChI is InChI=1S/C18H25N5O3S/c1-11-6-4-5-7-14(11)19-17(25)20-15(24)10-27-18-22-21-16(23(18)3)13-8-9-26-12(13)2/h8-9,11,14H,4-7,10H2,1-3H3,(H2,19,20,24,25)/t11-,14+/m0/s1. The number of nitrogens with one attached hydrogen (secondary N) is 2. The van der Waals surface area contributed by atoms with Gasteiger partial charge in [-0.3, -0.25) is 10.1 Å². The molecule has 8 nitrogen and oxygen atoms in total. The summed E-state index contributed by atoms with van der Waals surface area (Å²) in [6, 6.07) is 1.54. The van der Waals surface area contributed by atoms with E-state index < -0.39 is 6.03 Å². The molecule has 2 aromatic heterocycles. The number of carbonyl (C=O) groups is 2. The van der Waals surface area contributed by atoms with Gasteiger partial charge in [0.05, 0.1) is 17.6 Å². The van der Waals surface area contributed by atoms with E-state index >= 15 is 0 Å². The summed E-state index contributed by atoms with van der Waals surface area (Å²) in [5.41, 5.74) is 0.863. The predicted octanol–water partition coefficient (Wildman–Crippen LogP) is 2.88. The van der Waals surface area contributed by atoms with Crippen LogP contribution in [0.3, 0.4) is 0 Å². The second-order valence-corrected chi connectivity index (χ2v) is 7.88. The van der Waals surface area contributed by atoms with Gasteiger partial charge >= 0.3 is 6.03 Å². The lowest BCUT2D eigenvalue weighted by Crippen LogP contribution is -2.48. The van der Waals surface area contributed by atoms with Gasteiger partial charge in [-0.05, 0) is 31.7 Å². The average molecular weight is 391 g/mol. The summed E-state index contributed by atoms with van der Waals surface area (Å²) in [6.07, 6.45) is 6.00. The van der Waals surface area contributed by atoms with Gasteiger partial charge in [-0.15, -0.1) is 10.2 Å². The number of thioether (sulfide) groups is 1. The zero-order chi connectivity index (χ0) is 19.4. The number of carbonyl (C=O) groups excluding carboxylic acids is 2. The molecule has 9 heteroatoms. The lowest BCUT2D eigenvalue weighted by molar-refractivity contribution is -0.117. The third kappa shape index (κ3) is 4.71. The number of aromatic nitrogens is 3. The molecular weight excluding hydrogens is 366 g/mol. The second-order valence-electron chi connectivity index (χ2n) is 6.93. The van der Waals surface area contributed by atoms with Crippen LogP contribution in [0.2, 0.25) is 0 Å². The van der Waals surface area contributed by atoms with E-state index in [1.165, 1.54) is 18.2 Å². The first-order chi connectivity index (χ1) is 13.0. The van der Waals surface area contributed by atoms with Crippen molar-refractivity contribution in [3.05, 3.63) is 18.1 Å². The van der Waals surface area contributed by atoms with Crippen molar-refractivity contribution in [1.82, 2.24) is 25.4 Å². The molecule has 146 valence electrons. The fraction of sp³-hybridized carbons (Fsp3) is 0.556. The van der Waals surface area contributed by atoms with Crippen molar-refractivity contribution in [2.24, 2.45) is 13.0 Å². The Morgan fingerprint density at radius 2 is 2.11 bits per heavy atom. The maximum atomic E-state index is 12.1. The van der Waals surface area contributed by atoms with Gasteiger partial charge in [0.2, 0.25) is 5.91 Å². The minimum absolute atomic E-state index is 0.0873. The van der Waals surface area contributed by atoms with Crippen molar-refractivity contribution in [2.75, 3.05) is 5.75 Å². The van der Waals surface area contributed by atoms with Gasteiger partial charge in [0, 0.05) is 13.1 Å². The Bertz CT molecular complexity index is 816. The first-order valence-electron chi connectivity index (χ1n) is 9.12. The Morgan fingerprint density at radius 3 is 2.81 bits per heavy atom. The van der Waals surface area contributed by atoms with Gasteiger partial charge in [0.1, 0.15) is 5.76 Å². The van der Waals surface area contributed by atoms with Gasteiger partial charge in [0.15, 0.2) is 11.0 Å².